The van der Waals surface area contributed by atoms with E-state index < -0.39 is 0 Å². The number of rotatable bonds is 6. The molecule has 1 aliphatic rings. The van der Waals surface area contributed by atoms with Crippen molar-refractivity contribution in [3.8, 4) is 0 Å². The van der Waals surface area contributed by atoms with Gasteiger partial charge in [-0.3, -0.25) is 9.69 Å². The van der Waals surface area contributed by atoms with Crippen LogP contribution in [-0.4, -0.2) is 43.3 Å². The maximum absolute atomic E-state index is 12.3. The molecule has 0 bridgehead atoms. The second-order valence-electron chi connectivity index (χ2n) is 6.21. The summed E-state index contributed by atoms with van der Waals surface area (Å²) in [5.74, 6) is 0.0528. The average molecular weight is 435 g/mol. The summed E-state index contributed by atoms with van der Waals surface area (Å²) in [6, 6.07) is 16.1. The summed E-state index contributed by atoms with van der Waals surface area (Å²) in [6.07, 6.45) is 2.55. The van der Waals surface area contributed by atoms with Gasteiger partial charge in [-0.1, -0.05) is 40.2 Å². The summed E-state index contributed by atoms with van der Waals surface area (Å²) in [5.41, 5.74) is 2.06. The summed E-state index contributed by atoms with van der Waals surface area (Å²) in [6.45, 7) is 3.10. The van der Waals surface area contributed by atoms with Crippen LogP contribution in [0.4, 0.5) is 5.69 Å². The van der Waals surface area contributed by atoms with E-state index >= 15 is 0 Å². The third kappa shape index (κ3) is 5.33. The fourth-order valence-corrected chi connectivity index (χ4v) is 4.01. The van der Waals surface area contributed by atoms with Gasteiger partial charge >= 0.3 is 0 Å². The molecule has 1 fully saturated rings. The van der Waals surface area contributed by atoms with E-state index in [0.717, 1.165) is 34.7 Å². The third-order valence-electron chi connectivity index (χ3n) is 4.41. The van der Waals surface area contributed by atoms with Crippen molar-refractivity contribution >= 4 is 39.3 Å². The molecule has 0 saturated carbocycles. The molecule has 2 aromatic rings. The highest BCUT2D eigenvalue weighted by Gasteiger charge is 2.22. The molecule has 26 heavy (non-hydrogen) atoms. The lowest BCUT2D eigenvalue weighted by Gasteiger charge is -2.33. The molecule has 3 rings (SSSR count). The maximum atomic E-state index is 12.3. The van der Waals surface area contributed by atoms with E-state index in [0.29, 0.717) is 13.0 Å². The molecule has 0 aliphatic carbocycles. The Kier molecular flexibility index (Phi) is 7.14. The first-order valence-electron chi connectivity index (χ1n) is 8.68. The number of hydrogen-bond donors (Lipinski definition) is 1. The van der Waals surface area contributed by atoms with Gasteiger partial charge in [-0.2, -0.15) is 0 Å². The lowest BCUT2D eigenvalue weighted by Crippen LogP contribution is -2.39. The molecule has 1 saturated heterocycles. The van der Waals surface area contributed by atoms with Gasteiger partial charge in [-0.15, -0.1) is 11.8 Å². The van der Waals surface area contributed by atoms with E-state index in [1.165, 1.54) is 5.56 Å². The van der Waals surface area contributed by atoms with Gasteiger partial charge in [0.1, 0.15) is 0 Å². The van der Waals surface area contributed by atoms with E-state index in [9.17, 15) is 4.79 Å². The molecule has 1 unspecified atom stereocenters. The number of ether oxygens (including phenoxy) is 1. The van der Waals surface area contributed by atoms with Crippen LogP contribution in [0.15, 0.2) is 57.9 Å². The Morgan fingerprint density at radius 2 is 2.15 bits per heavy atom. The van der Waals surface area contributed by atoms with Crippen molar-refractivity contribution in [2.75, 3.05) is 37.8 Å². The van der Waals surface area contributed by atoms with Crippen LogP contribution in [0.5, 0.6) is 0 Å². The van der Waals surface area contributed by atoms with Crippen molar-refractivity contribution in [2.24, 2.45) is 0 Å². The van der Waals surface area contributed by atoms with Crippen LogP contribution in [-0.2, 0) is 9.53 Å². The molecule has 0 aromatic heterocycles. The minimum Gasteiger partial charge on any atom is -0.371 e. The quantitative estimate of drug-likeness (QED) is 0.675. The number of amides is 1. The average Bonchev–Trinajstić information content (AvgIpc) is 2.67. The summed E-state index contributed by atoms with van der Waals surface area (Å²) in [5, 5.41) is 3.03. The maximum Gasteiger partial charge on any atom is 0.225 e. The van der Waals surface area contributed by atoms with E-state index in [-0.39, 0.29) is 12.0 Å². The Bertz CT molecular complexity index is 756. The molecular weight excluding hydrogens is 412 g/mol. The Balaban J connectivity index is 1.52. The molecule has 1 amide bonds. The minimum absolute atomic E-state index is 0.0528. The van der Waals surface area contributed by atoms with Crippen molar-refractivity contribution in [1.82, 2.24) is 4.90 Å². The van der Waals surface area contributed by atoms with Crippen LogP contribution in [0, 0.1) is 0 Å². The highest BCUT2D eigenvalue weighted by molar-refractivity contribution is 9.10. The molecule has 0 radical (unpaired) electrons. The number of anilines is 1. The second-order valence-corrected chi connectivity index (χ2v) is 7.98. The van der Waals surface area contributed by atoms with Crippen molar-refractivity contribution in [1.29, 1.82) is 0 Å². The molecule has 1 aliphatic heterocycles. The van der Waals surface area contributed by atoms with Gasteiger partial charge in [0.05, 0.1) is 18.4 Å². The zero-order valence-electron chi connectivity index (χ0n) is 14.8. The fourth-order valence-electron chi connectivity index (χ4n) is 3.03. The van der Waals surface area contributed by atoms with Crippen LogP contribution >= 0.6 is 27.7 Å². The molecule has 1 heterocycles. The van der Waals surface area contributed by atoms with Crippen LogP contribution in [0.25, 0.3) is 0 Å². The predicted molar refractivity (Wildman–Crippen MR) is 111 cm³/mol. The van der Waals surface area contributed by atoms with Gasteiger partial charge in [0, 0.05) is 35.4 Å². The molecule has 6 heteroatoms. The molecule has 1 atom stereocenters. The first-order chi connectivity index (χ1) is 12.7. The smallest absolute Gasteiger partial charge is 0.225 e. The van der Waals surface area contributed by atoms with Crippen LogP contribution in [0.2, 0.25) is 0 Å². The number of nitrogens with zero attached hydrogens (tertiary/aromatic N) is 1. The number of carbonyl (C=O) groups excluding carboxylic acids is 1. The zero-order chi connectivity index (χ0) is 18.4. The summed E-state index contributed by atoms with van der Waals surface area (Å²) in [7, 11) is 0. The summed E-state index contributed by atoms with van der Waals surface area (Å²) < 4.78 is 6.97. The number of benzene rings is 2. The normalized spacial score (nSPS) is 17.8. The van der Waals surface area contributed by atoms with Crippen LogP contribution < -0.4 is 5.32 Å². The molecule has 4 nitrogen and oxygen atoms in total. The van der Waals surface area contributed by atoms with Gasteiger partial charge < -0.3 is 10.1 Å². The van der Waals surface area contributed by atoms with Gasteiger partial charge in [-0.25, -0.2) is 0 Å². The lowest BCUT2D eigenvalue weighted by molar-refractivity contribution is -0.117. The molecule has 2 aromatic carbocycles. The Morgan fingerprint density at radius 3 is 2.96 bits per heavy atom. The second kappa shape index (κ2) is 9.55. The SMILES string of the molecule is CSc1ccccc1NC(=O)CCN1CCOC(c2cccc(Br)c2)C1. The van der Waals surface area contributed by atoms with E-state index in [4.69, 9.17) is 4.74 Å². The first-order valence-corrected chi connectivity index (χ1v) is 10.7. The minimum atomic E-state index is 0.0528. The molecule has 138 valence electrons. The number of nitrogens with one attached hydrogen (secondary N) is 1. The van der Waals surface area contributed by atoms with Gasteiger partial charge in [0.15, 0.2) is 0 Å². The monoisotopic (exact) mass is 434 g/mol. The highest BCUT2D eigenvalue weighted by atomic mass is 79.9. The van der Waals surface area contributed by atoms with Crippen molar-refractivity contribution in [3.05, 3.63) is 58.6 Å². The number of carbonyl (C=O) groups is 1. The van der Waals surface area contributed by atoms with E-state index in [2.05, 4.69) is 38.3 Å². The van der Waals surface area contributed by atoms with Crippen molar-refractivity contribution in [3.63, 3.8) is 0 Å². The van der Waals surface area contributed by atoms with E-state index in [1.807, 2.05) is 42.7 Å². The third-order valence-corrected chi connectivity index (χ3v) is 5.70. The topological polar surface area (TPSA) is 41.6 Å². The largest absolute Gasteiger partial charge is 0.371 e. The van der Waals surface area contributed by atoms with Crippen molar-refractivity contribution in [2.45, 2.75) is 17.4 Å². The lowest BCUT2D eigenvalue weighted by atomic mass is 10.1. The molecular formula is C20H23BrN2O2S. The standard InChI is InChI=1S/C20H23BrN2O2S/c1-26-19-8-3-2-7-17(19)22-20(24)9-10-23-11-12-25-18(14-23)15-5-4-6-16(21)13-15/h2-8,13,18H,9-12,14H2,1H3,(H,22,24). The highest BCUT2D eigenvalue weighted by Crippen LogP contribution is 2.26. The fraction of sp³-hybridized carbons (Fsp3) is 0.350. The summed E-state index contributed by atoms with van der Waals surface area (Å²) in [4.78, 5) is 15.7. The number of morpholine rings is 1. The van der Waals surface area contributed by atoms with Crippen molar-refractivity contribution < 1.29 is 9.53 Å². The number of halogens is 1. The molecule has 1 N–H and O–H groups in total. The Hall–Kier alpha value is -1.34. The zero-order valence-corrected chi connectivity index (χ0v) is 17.2. The Morgan fingerprint density at radius 1 is 1.31 bits per heavy atom. The number of para-hydroxylation sites is 1. The van der Waals surface area contributed by atoms with Gasteiger partial charge in [-0.05, 0) is 36.1 Å². The Labute approximate surface area is 167 Å². The number of hydrogen-bond acceptors (Lipinski definition) is 4. The molecule has 0 spiro atoms. The predicted octanol–water partition coefficient (Wildman–Crippen LogP) is 4.57. The van der Waals surface area contributed by atoms with E-state index in [1.54, 1.807) is 11.8 Å². The van der Waals surface area contributed by atoms with Gasteiger partial charge in [0.25, 0.3) is 0 Å². The first kappa shape index (κ1) is 19.4. The van der Waals surface area contributed by atoms with Crippen LogP contribution in [0.1, 0.15) is 18.1 Å². The van der Waals surface area contributed by atoms with Gasteiger partial charge in [0.2, 0.25) is 5.91 Å². The number of thioether (sulfide) groups is 1. The van der Waals surface area contributed by atoms with Crippen LogP contribution in [0.3, 0.4) is 0 Å². The summed E-state index contributed by atoms with van der Waals surface area (Å²) >= 11 is 5.15.